The highest BCUT2D eigenvalue weighted by atomic mass is 32.2. The second-order valence-corrected chi connectivity index (χ2v) is 10.2. The van der Waals surface area contributed by atoms with Crippen molar-refractivity contribution < 1.29 is 14.3 Å². The molecule has 38 heavy (non-hydrogen) atoms. The van der Waals surface area contributed by atoms with Gasteiger partial charge in [-0.25, -0.2) is 4.99 Å². The summed E-state index contributed by atoms with van der Waals surface area (Å²) in [6.07, 6.45) is 1.90. The van der Waals surface area contributed by atoms with Gasteiger partial charge >= 0.3 is 0 Å². The predicted molar refractivity (Wildman–Crippen MR) is 157 cm³/mol. The topological polar surface area (TPSA) is 51.1 Å². The third kappa shape index (κ3) is 5.60. The van der Waals surface area contributed by atoms with Crippen LogP contribution >= 0.6 is 11.8 Å². The summed E-state index contributed by atoms with van der Waals surface area (Å²) in [6.45, 7) is 6.88. The summed E-state index contributed by atoms with van der Waals surface area (Å²) in [4.78, 5) is 20.4. The van der Waals surface area contributed by atoms with Gasteiger partial charge in [0.05, 0.1) is 17.2 Å². The molecular formula is C32H30N2O3S. The molecule has 5 rings (SSSR count). The number of benzene rings is 4. The van der Waals surface area contributed by atoms with Gasteiger partial charge in [0.25, 0.3) is 5.91 Å². The van der Waals surface area contributed by atoms with Crippen LogP contribution in [-0.2, 0) is 11.4 Å². The molecule has 4 aromatic rings. The summed E-state index contributed by atoms with van der Waals surface area (Å²) in [5.41, 5.74) is 2.80. The summed E-state index contributed by atoms with van der Waals surface area (Å²) in [6, 6.07) is 30.0. The maximum Gasteiger partial charge on any atom is 0.266 e. The van der Waals surface area contributed by atoms with E-state index < -0.39 is 0 Å². The minimum absolute atomic E-state index is 0.00723. The number of carbonyl (C=O) groups excluding carboxylic acids is 1. The van der Waals surface area contributed by atoms with Crippen LogP contribution in [0.5, 0.6) is 11.5 Å². The molecule has 0 spiro atoms. The number of fused-ring (bicyclic) bond motifs is 1. The number of carbonyl (C=O) groups is 1. The third-order valence-corrected chi connectivity index (χ3v) is 7.15. The van der Waals surface area contributed by atoms with E-state index in [4.69, 9.17) is 14.5 Å². The second-order valence-electron chi connectivity index (χ2n) is 9.18. The van der Waals surface area contributed by atoms with Crippen LogP contribution in [0.3, 0.4) is 0 Å². The fraction of sp³-hybridized carbons (Fsp3) is 0.188. The largest absolute Gasteiger partial charge is 0.490 e. The van der Waals surface area contributed by atoms with Gasteiger partial charge in [0, 0.05) is 6.04 Å². The molecule has 1 aliphatic rings. The summed E-state index contributed by atoms with van der Waals surface area (Å²) < 4.78 is 12.1. The number of hydrogen-bond donors (Lipinski definition) is 0. The van der Waals surface area contributed by atoms with Gasteiger partial charge in [0.2, 0.25) is 0 Å². The Bertz CT molecular complexity index is 1510. The molecule has 1 amide bonds. The lowest BCUT2D eigenvalue weighted by molar-refractivity contribution is -0.123. The van der Waals surface area contributed by atoms with E-state index >= 15 is 0 Å². The standard InChI is InChI=1S/C32H30N2O3S/c1-4-36-29-19-23(17-18-28(29)37-21-25-13-10-12-24-11-8-9-16-27(24)25)20-30-31(35)34(22(2)3)32(38-30)33-26-14-6-5-7-15-26/h5-20,22H,4,21H2,1-3H3/b30-20+,33-32?. The highest BCUT2D eigenvalue weighted by Gasteiger charge is 2.35. The number of para-hydroxylation sites is 1. The molecule has 1 saturated heterocycles. The number of nitrogens with zero attached hydrogens (tertiary/aromatic N) is 2. The molecule has 0 atom stereocenters. The van der Waals surface area contributed by atoms with Gasteiger partial charge in [-0.15, -0.1) is 0 Å². The van der Waals surface area contributed by atoms with Crippen LogP contribution in [-0.4, -0.2) is 28.6 Å². The first kappa shape index (κ1) is 25.6. The Morgan fingerprint density at radius 2 is 1.66 bits per heavy atom. The molecular weight excluding hydrogens is 492 g/mol. The van der Waals surface area contributed by atoms with Crippen LogP contribution in [0.4, 0.5) is 5.69 Å². The number of amides is 1. The Labute approximate surface area is 227 Å². The van der Waals surface area contributed by atoms with Crippen molar-refractivity contribution in [2.45, 2.75) is 33.4 Å². The molecule has 0 N–H and O–H groups in total. The van der Waals surface area contributed by atoms with Crippen molar-refractivity contribution >= 4 is 45.4 Å². The minimum atomic E-state index is -0.0473. The molecule has 6 heteroatoms. The molecule has 1 aliphatic heterocycles. The third-order valence-electron chi connectivity index (χ3n) is 6.16. The Kier molecular flexibility index (Phi) is 7.80. The van der Waals surface area contributed by atoms with E-state index in [1.807, 2.05) is 93.6 Å². The fourth-order valence-corrected chi connectivity index (χ4v) is 5.48. The van der Waals surface area contributed by atoms with Crippen molar-refractivity contribution in [1.82, 2.24) is 4.90 Å². The van der Waals surface area contributed by atoms with E-state index in [-0.39, 0.29) is 11.9 Å². The number of hydrogen-bond acceptors (Lipinski definition) is 5. The first-order chi connectivity index (χ1) is 18.5. The number of rotatable bonds is 8. The smallest absolute Gasteiger partial charge is 0.266 e. The number of ether oxygens (including phenoxy) is 2. The molecule has 0 aromatic heterocycles. The van der Waals surface area contributed by atoms with Gasteiger partial charge in [-0.2, -0.15) is 0 Å². The average Bonchev–Trinajstić information content (AvgIpc) is 3.23. The maximum atomic E-state index is 13.3. The Hall–Kier alpha value is -4.03. The molecule has 0 aliphatic carbocycles. The van der Waals surface area contributed by atoms with Gasteiger partial charge < -0.3 is 9.47 Å². The summed E-state index contributed by atoms with van der Waals surface area (Å²) in [7, 11) is 0. The van der Waals surface area contributed by atoms with Gasteiger partial charge in [0.1, 0.15) is 6.61 Å². The maximum absolute atomic E-state index is 13.3. The van der Waals surface area contributed by atoms with Crippen molar-refractivity contribution in [3.05, 3.63) is 107 Å². The van der Waals surface area contributed by atoms with Crippen molar-refractivity contribution in [3.8, 4) is 11.5 Å². The van der Waals surface area contributed by atoms with Gasteiger partial charge in [0.15, 0.2) is 16.7 Å². The zero-order valence-corrected chi connectivity index (χ0v) is 22.6. The lowest BCUT2D eigenvalue weighted by Gasteiger charge is -2.19. The highest BCUT2D eigenvalue weighted by Crippen LogP contribution is 2.37. The monoisotopic (exact) mass is 522 g/mol. The molecule has 1 heterocycles. The average molecular weight is 523 g/mol. The van der Waals surface area contributed by atoms with Crippen LogP contribution in [0.2, 0.25) is 0 Å². The van der Waals surface area contributed by atoms with Gasteiger partial charge in [-0.05, 0) is 84.8 Å². The van der Waals surface area contributed by atoms with Crippen molar-refractivity contribution in [1.29, 1.82) is 0 Å². The van der Waals surface area contributed by atoms with Crippen molar-refractivity contribution in [3.63, 3.8) is 0 Å². The van der Waals surface area contributed by atoms with Crippen LogP contribution < -0.4 is 9.47 Å². The van der Waals surface area contributed by atoms with Crippen molar-refractivity contribution in [2.75, 3.05) is 6.61 Å². The zero-order valence-electron chi connectivity index (χ0n) is 21.8. The van der Waals surface area contributed by atoms with Crippen LogP contribution in [0.25, 0.3) is 16.8 Å². The lowest BCUT2D eigenvalue weighted by atomic mass is 10.1. The molecule has 0 bridgehead atoms. The van der Waals surface area contributed by atoms with Crippen molar-refractivity contribution in [2.24, 2.45) is 4.99 Å². The summed E-state index contributed by atoms with van der Waals surface area (Å²) in [5, 5.41) is 3.04. The van der Waals surface area contributed by atoms with Crippen LogP contribution in [0.15, 0.2) is 101 Å². The van der Waals surface area contributed by atoms with E-state index in [0.717, 1.165) is 16.8 Å². The molecule has 0 radical (unpaired) electrons. The molecule has 5 nitrogen and oxygen atoms in total. The van der Waals surface area contributed by atoms with E-state index in [2.05, 4.69) is 24.3 Å². The second kappa shape index (κ2) is 11.6. The molecule has 0 unspecified atom stereocenters. The predicted octanol–water partition coefficient (Wildman–Crippen LogP) is 7.83. The summed E-state index contributed by atoms with van der Waals surface area (Å²) >= 11 is 1.39. The van der Waals surface area contributed by atoms with E-state index in [0.29, 0.717) is 34.8 Å². The van der Waals surface area contributed by atoms with Gasteiger partial charge in [-0.1, -0.05) is 66.7 Å². The highest BCUT2D eigenvalue weighted by molar-refractivity contribution is 8.18. The Balaban J connectivity index is 1.40. The van der Waals surface area contributed by atoms with Crippen LogP contribution in [0, 0.1) is 0 Å². The Morgan fingerprint density at radius 1 is 0.895 bits per heavy atom. The van der Waals surface area contributed by atoms with Gasteiger partial charge in [-0.3, -0.25) is 9.69 Å². The molecule has 4 aromatic carbocycles. The fourth-order valence-electron chi connectivity index (χ4n) is 4.36. The van der Waals surface area contributed by atoms with E-state index in [9.17, 15) is 4.79 Å². The summed E-state index contributed by atoms with van der Waals surface area (Å²) in [5.74, 6) is 1.27. The SMILES string of the molecule is CCOc1cc(/C=C2/SC(=Nc3ccccc3)N(C(C)C)C2=O)ccc1OCc1cccc2ccccc12. The zero-order chi connectivity index (χ0) is 26.5. The lowest BCUT2D eigenvalue weighted by Crippen LogP contribution is -2.35. The first-order valence-electron chi connectivity index (χ1n) is 12.8. The first-order valence-corrected chi connectivity index (χ1v) is 13.6. The normalized spacial score (nSPS) is 15.7. The Morgan fingerprint density at radius 3 is 2.45 bits per heavy atom. The number of aliphatic imine (C=N–C) groups is 1. The van der Waals surface area contributed by atoms with Crippen LogP contribution in [0.1, 0.15) is 31.9 Å². The molecule has 0 saturated carbocycles. The quantitative estimate of drug-likeness (QED) is 0.221. The minimum Gasteiger partial charge on any atom is -0.490 e. The van der Waals surface area contributed by atoms with E-state index in [1.165, 1.54) is 22.5 Å². The number of amidine groups is 1. The number of thioether (sulfide) groups is 1. The molecule has 1 fully saturated rings. The molecule has 192 valence electrons. The van der Waals surface area contributed by atoms with E-state index in [1.54, 1.807) is 4.90 Å².